The van der Waals surface area contributed by atoms with Crippen molar-refractivity contribution in [3.63, 3.8) is 0 Å². The van der Waals surface area contributed by atoms with Gasteiger partial charge < -0.3 is 5.32 Å². The molecule has 0 fully saturated rings. The Bertz CT molecular complexity index is 906. The third-order valence-electron chi connectivity index (χ3n) is 3.49. The highest BCUT2D eigenvalue weighted by molar-refractivity contribution is 7.89. The van der Waals surface area contributed by atoms with Crippen LogP contribution in [0, 0.1) is 11.3 Å². The van der Waals surface area contributed by atoms with E-state index < -0.39 is 10.0 Å². The molecule has 0 saturated carbocycles. The summed E-state index contributed by atoms with van der Waals surface area (Å²) in [6.45, 7) is 0.297. The minimum absolute atomic E-state index is 0.0310. The van der Waals surface area contributed by atoms with Crippen molar-refractivity contribution in [2.75, 3.05) is 12.0 Å². The van der Waals surface area contributed by atoms with Crippen molar-refractivity contribution in [2.45, 2.75) is 11.4 Å². The van der Waals surface area contributed by atoms with Gasteiger partial charge in [0.1, 0.15) is 4.90 Å². The largest absolute Gasteiger partial charge is 0.370 e. The molecule has 0 saturated heterocycles. The maximum Gasteiger partial charge on any atom is 0.248 e. The lowest BCUT2D eigenvalue weighted by Crippen LogP contribution is -2.39. The first-order valence-electron chi connectivity index (χ1n) is 6.64. The van der Waals surface area contributed by atoms with E-state index in [1.807, 2.05) is 6.07 Å². The molecule has 8 heteroatoms. The maximum atomic E-state index is 12.8. The van der Waals surface area contributed by atoms with E-state index in [-0.39, 0.29) is 23.1 Å². The lowest BCUT2D eigenvalue weighted by atomic mass is 10.1. The van der Waals surface area contributed by atoms with E-state index in [9.17, 15) is 8.42 Å². The van der Waals surface area contributed by atoms with Crippen LogP contribution in [0.1, 0.15) is 11.1 Å². The summed E-state index contributed by atoms with van der Waals surface area (Å²) in [6, 6.07) is 11.7. The van der Waals surface area contributed by atoms with Crippen LogP contribution in [-0.2, 0) is 16.6 Å². The fraction of sp³-hybridized carbons (Fsp3) is 0.133. The molecule has 0 aliphatic carbocycles. The van der Waals surface area contributed by atoms with Gasteiger partial charge >= 0.3 is 0 Å². The molecule has 1 aliphatic heterocycles. The molecule has 0 bridgehead atoms. The van der Waals surface area contributed by atoms with E-state index in [1.54, 1.807) is 30.3 Å². The second kappa shape index (κ2) is 6.02. The lowest BCUT2D eigenvalue weighted by molar-refractivity contribution is 0.421. The number of hydrogen-bond acceptors (Lipinski definition) is 4. The van der Waals surface area contributed by atoms with Crippen molar-refractivity contribution in [3.8, 4) is 6.07 Å². The molecule has 23 heavy (non-hydrogen) atoms. The Morgan fingerprint density at radius 2 is 1.91 bits per heavy atom. The number of fused-ring (bicyclic) bond motifs is 1. The molecule has 0 atom stereocenters. The van der Waals surface area contributed by atoms with Gasteiger partial charge in [0.25, 0.3) is 0 Å². The van der Waals surface area contributed by atoms with Gasteiger partial charge in [0, 0.05) is 11.6 Å². The Morgan fingerprint density at radius 3 is 2.57 bits per heavy atom. The zero-order valence-electron chi connectivity index (χ0n) is 11.8. The highest BCUT2D eigenvalue weighted by atomic mass is 35.5. The Balaban J connectivity index is 1.95. The smallest absolute Gasteiger partial charge is 0.248 e. The molecule has 2 aromatic rings. The molecule has 0 radical (unpaired) electrons. The van der Waals surface area contributed by atoms with Gasteiger partial charge in [0.15, 0.2) is 0 Å². The summed E-state index contributed by atoms with van der Waals surface area (Å²) in [5, 5.41) is 12.3. The zero-order valence-corrected chi connectivity index (χ0v) is 14.1. The molecular weight excluding hydrogens is 357 g/mol. The summed E-state index contributed by atoms with van der Waals surface area (Å²) in [7, 11) is -3.73. The van der Waals surface area contributed by atoms with E-state index in [1.165, 1.54) is 10.4 Å². The van der Waals surface area contributed by atoms with Crippen LogP contribution in [0.3, 0.4) is 0 Å². The predicted octanol–water partition coefficient (Wildman–Crippen LogP) is 3.44. The molecule has 0 spiro atoms. The molecular formula is C15H11Cl2N3O2S. The van der Waals surface area contributed by atoms with E-state index in [0.717, 1.165) is 5.56 Å². The molecule has 5 nitrogen and oxygen atoms in total. The van der Waals surface area contributed by atoms with Gasteiger partial charge in [-0.2, -0.15) is 9.57 Å². The van der Waals surface area contributed by atoms with Crippen LogP contribution in [0.4, 0.5) is 5.69 Å². The van der Waals surface area contributed by atoms with Crippen molar-refractivity contribution in [2.24, 2.45) is 0 Å². The van der Waals surface area contributed by atoms with Crippen molar-refractivity contribution in [1.29, 1.82) is 5.26 Å². The highest BCUT2D eigenvalue weighted by Crippen LogP contribution is 2.37. The van der Waals surface area contributed by atoms with Crippen LogP contribution in [0.15, 0.2) is 41.3 Å². The van der Waals surface area contributed by atoms with Gasteiger partial charge in [-0.05, 0) is 29.8 Å². The Labute approximate surface area is 144 Å². The lowest BCUT2D eigenvalue weighted by Gasteiger charge is -2.30. The van der Waals surface area contributed by atoms with Gasteiger partial charge in [-0.15, -0.1) is 0 Å². The van der Waals surface area contributed by atoms with Crippen LogP contribution in [0.25, 0.3) is 0 Å². The third-order valence-corrected chi connectivity index (χ3v) is 6.02. The number of benzene rings is 2. The first-order valence-corrected chi connectivity index (χ1v) is 8.83. The Hall–Kier alpha value is -1.78. The molecule has 1 heterocycles. The predicted molar refractivity (Wildman–Crippen MR) is 88.8 cm³/mol. The Morgan fingerprint density at radius 1 is 1.22 bits per heavy atom. The fourth-order valence-corrected chi connectivity index (χ4v) is 4.68. The summed E-state index contributed by atoms with van der Waals surface area (Å²) in [5.74, 6) is 0. The number of rotatable bonds is 2. The van der Waals surface area contributed by atoms with Gasteiger partial charge in [-0.25, -0.2) is 8.42 Å². The van der Waals surface area contributed by atoms with Crippen LogP contribution < -0.4 is 5.32 Å². The topological polar surface area (TPSA) is 73.2 Å². The van der Waals surface area contributed by atoms with E-state index >= 15 is 0 Å². The average Bonchev–Trinajstić information content (AvgIpc) is 2.50. The van der Waals surface area contributed by atoms with E-state index in [4.69, 9.17) is 28.5 Å². The number of nitrogens with one attached hydrogen (secondary N) is 1. The summed E-state index contributed by atoms with van der Waals surface area (Å²) < 4.78 is 26.8. The van der Waals surface area contributed by atoms with Gasteiger partial charge in [0.2, 0.25) is 10.0 Å². The van der Waals surface area contributed by atoms with Gasteiger partial charge in [0.05, 0.1) is 29.0 Å². The first kappa shape index (κ1) is 16.1. The highest BCUT2D eigenvalue weighted by Gasteiger charge is 2.33. The molecule has 0 aromatic heterocycles. The quantitative estimate of drug-likeness (QED) is 0.881. The van der Waals surface area contributed by atoms with E-state index in [0.29, 0.717) is 16.3 Å². The molecule has 3 rings (SSSR count). The van der Waals surface area contributed by atoms with Crippen LogP contribution in [0.5, 0.6) is 0 Å². The third kappa shape index (κ3) is 3.01. The van der Waals surface area contributed by atoms with Crippen molar-refractivity contribution >= 4 is 38.9 Å². The summed E-state index contributed by atoms with van der Waals surface area (Å²) in [6.07, 6.45) is 0. The molecule has 0 amide bonds. The molecule has 118 valence electrons. The number of nitriles is 1. The van der Waals surface area contributed by atoms with Crippen molar-refractivity contribution in [1.82, 2.24) is 4.31 Å². The SMILES string of the molecule is N#Cc1ccc(CN2CNc3cc(Cl)cc(Cl)c3S2(=O)=O)cc1. The zero-order chi connectivity index (χ0) is 16.6. The maximum absolute atomic E-state index is 12.8. The Kier molecular flexibility index (Phi) is 4.21. The molecule has 2 aromatic carbocycles. The van der Waals surface area contributed by atoms with Crippen LogP contribution >= 0.6 is 23.2 Å². The first-order chi connectivity index (χ1) is 10.9. The fourth-order valence-electron chi connectivity index (χ4n) is 2.37. The van der Waals surface area contributed by atoms with Gasteiger partial charge in [-0.3, -0.25) is 0 Å². The minimum Gasteiger partial charge on any atom is -0.370 e. The standard InChI is InChI=1S/C15H11Cl2N3O2S/c16-12-5-13(17)15-14(6-12)19-9-20(23(15,21)22)8-11-3-1-10(7-18)2-4-11/h1-6,19H,8-9H2. The number of hydrogen-bond donors (Lipinski definition) is 1. The molecule has 0 unspecified atom stereocenters. The second-order valence-electron chi connectivity index (χ2n) is 5.02. The number of sulfonamides is 1. The number of halogens is 2. The van der Waals surface area contributed by atoms with Crippen molar-refractivity contribution in [3.05, 3.63) is 57.6 Å². The van der Waals surface area contributed by atoms with Crippen molar-refractivity contribution < 1.29 is 8.42 Å². The van der Waals surface area contributed by atoms with E-state index in [2.05, 4.69) is 5.32 Å². The van der Waals surface area contributed by atoms with Crippen LogP contribution in [0.2, 0.25) is 10.0 Å². The van der Waals surface area contributed by atoms with Gasteiger partial charge in [-0.1, -0.05) is 35.3 Å². The summed E-state index contributed by atoms with van der Waals surface area (Å²) in [5.41, 5.74) is 1.71. The number of anilines is 1. The minimum atomic E-state index is -3.73. The monoisotopic (exact) mass is 367 g/mol. The van der Waals surface area contributed by atoms with Crippen LogP contribution in [-0.4, -0.2) is 19.4 Å². The average molecular weight is 368 g/mol. The molecule has 1 aliphatic rings. The second-order valence-corrected chi connectivity index (χ2v) is 7.74. The number of nitrogens with zero attached hydrogens (tertiary/aromatic N) is 2. The summed E-state index contributed by atoms with van der Waals surface area (Å²) in [4.78, 5) is 0.0310. The summed E-state index contributed by atoms with van der Waals surface area (Å²) >= 11 is 12.0. The molecule has 1 N–H and O–H groups in total. The normalized spacial score (nSPS) is 16.2.